The van der Waals surface area contributed by atoms with E-state index in [0.717, 1.165) is 38.5 Å². The number of aliphatic hydroxyl groups excluding tert-OH is 7. The third kappa shape index (κ3) is 4.60. The molecule has 15 atom stereocenters. The van der Waals surface area contributed by atoms with Crippen molar-refractivity contribution in [1.29, 1.82) is 0 Å². The van der Waals surface area contributed by atoms with E-state index in [1.54, 1.807) is 0 Å². The standard InChI is InChI=1S/C36H58O10/c1-31(2)11-13-36(30(44)46-29-27(42)26(41)25(40)22(17-37)45-29)14-12-34(5)19(20(36)15-31)7-8-24-32(3)16-21(39)28(43)33(4,18-38)23(32)9-10-35(24,34)6/h7,20-29,37-43H,8-18H2,1-6H3/t20-,21-,22-,23-,24-,25-,26+,27-,28+,29+,32+,33+,34-,35-,36+/m1/s1. The largest absolute Gasteiger partial charge is 0.432 e. The molecule has 6 rings (SSSR count). The summed E-state index contributed by atoms with van der Waals surface area (Å²) in [5.41, 5.74) is -1.02. The van der Waals surface area contributed by atoms with Crippen molar-refractivity contribution in [3.63, 3.8) is 0 Å². The minimum Gasteiger partial charge on any atom is -0.432 e. The average molecular weight is 651 g/mol. The molecule has 10 nitrogen and oxygen atoms in total. The number of carbonyl (C=O) groups is 1. The van der Waals surface area contributed by atoms with E-state index in [2.05, 4.69) is 40.7 Å². The first-order chi connectivity index (χ1) is 21.3. The van der Waals surface area contributed by atoms with Crippen LogP contribution < -0.4 is 0 Å². The highest BCUT2D eigenvalue weighted by Crippen LogP contribution is 2.75. The second-order valence-electron chi connectivity index (χ2n) is 17.9. The van der Waals surface area contributed by atoms with Gasteiger partial charge in [0.1, 0.15) is 24.4 Å². The van der Waals surface area contributed by atoms with E-state index in [1.165, 1.54) is 5.57 Å². The molecule has 6 aliphatic rings. The topological polar surface area (TPSA) is 177 Å². The van der Waals surface area contributed by atoms with Gasteiger partial charge in [-0.05, 0) is 97.2 Å². The van der Waals surface area contributed by atoms with Gasteiger partial charge in [-0.1, -0.05) is 53.2 Å². The van der Waals surface area contributed by atoms with E-state index in [1.807, 2.05) is 6.92 Å². The molecule has 10 heteroatoms. The number of allylic oxidation sites excluding steroid dienone is 2. The molecule has 7 N–H and O–H groups in total. The predicted molar refractivity (Wildman–Crippen MR) is 168 cm³/mol. The number of aliphatic hydroxyl groups is 7. The van der Waals surface area contributed by atoms with Gasteiger partial charge in [-0.3, -0.25) is 4.79 Å². The first-order valence-electron chi connectivity index (χ1n) is 17.5. The molecular weight excluding hydrogens is 592 g/mol. The van der Waals surface area contributed by atoms with Crippen molar-refractivity contribution >= 4 is 5.97 Å². The van der Waals surface area contributed by atoms with E-state index in [4.69, 9.17) is 9.47 Å². The van der Waals surface area contributed by atoms with Crippen LogP contribution in [0.25, 0.3) is 0 Å². The first kappa shape index (κ1) is 34.7. The molecule has 0 aromatic heterocycles. The SMILES string of the molecule is CC1(C)CC[C@]2(C(=O)O[C@@H]3O[C@H](CO)[C@@H](O)[C@H](O)[C@H]3O)CC[C@]3(C)C(=CC[C@@H]4[C@@]5(C)C[C@@H](O)[C@H](O)[C@@](C)(CO)[C@@H]5CC[C@]43C)[C@H]2C1. The molecule has 0 amide bonds. The molecule has 0 bridgehead atoms. The lowest BCUT2D eigenvalue weighted by molar-refractivity contribution is -0.297. The Bertz CT molecular complexity index is 1240. The lowest BCUT2D eigenvalue weighted by Gasteiger charge is -2.71. The van der Waals surface area contributed by atoms with Crippen LogP contribution in [0.3, 0.4) is 0 Å². The molecular formula is C36H58O10. The van der Waals surface area contributed by atoms with Crippen molar-refractivity contribution in [3.8, 4) is 0 Å². The van der Waals surface area contributed by atoms with Crippen molar-refractivity contribution in [2.75, 3.05) is 13.2 Å². The van der Waals surface area contributed by atoms with E-state index >= 15 is 0 Å². The third-order valence-corrected chi connectivity index (χ3v) is 15.2. The van der Waals surface area contributed by atoms with Gasteiger partial charge in [0, 0.05) is 5.41 Å². The summed E-state index contributed by atoms with van der Waals surface area (Å²) in [4.78, 5) is 14.4. The maximum atomic E-state index is 14.4. The molecule has 0 unspecified atom stereocenters. The molecule has 0 aromatic carbocycles. The second-order valence-corrected chi connectivity index (χ2v) is 17.9. The van der Waals surface area contributed by atoms with E-state index < -0.39 is 66.3 Å². The maximum absolute atomic E-state index is 14.4. The van der Waals surface area contributed by atoms with Gasteiger partial charge in [-0.15, -0.1) is 0 Å². The van der Waals surface area contributed by atoms with E-state index in [0.29, 0.717) is 19.3 Å². The van der Waals surface area contributed by atoms with Gasteiger partial charge in [0.2, 0.25) is 6.29 Å². The average Bonchev–Trinajstić information content (AvgIpc) is 3.00. The summed E-state index contributed by atoms with van der Waals surface area (Å²) in [6.07, 6.45) is -0.357. The Labute approximate surface area is 273 Å². The van der Waals surface area contributed by atoms with Crippen molar-refractivity contribution in [2.45, 2.75) is 142 Å². The van der Waals surface area contributed by atoms with Gasteiger partial charge in [0.15, 0.2) is 0 Å². The van der Waals surface area contributed by atoms with Crippen LogP contribution in [0.15, 0.2) is 11.6 Å². The Morgan fingerprint density at radius 2 is 1.54 bits per heavy atom. The van der Waals surface area contributed by atoms with Gasteiger partial charge in [0.05, 0.1) is 30.8 Å². The van der Waals surface area contributed by atoms with Gasteiger partial charge >= 0.3 is 5.97 Å². The smallest absolute Gasteiger partial charge is 0.315 e. The molecule has 1 aliphatic heterocycles. The van der Waals surface area contributed by atoms with Crippen molar-refractivity contribution in [3.05, 3.63) is 11.6 Å². The van der Waals surface area contributed by atoms with Crippen LogP contribution in [0, 0.1) is 50.2 Å². The quantitative estimate of drug-likeness (QED) is 0.177. The first-order valence-corrected chi connectivity index (χ1v) is 17.5. The summed E-state index contributed by atoms with van der Waals surface area (Å²) in [7, 11) is 0. The summed E-state index contributed by atoms with van der Waals surface area (Å²) in [6, 6.07) is 0. The summed E-state index contributed by atoms with van der Waals surface area (Å²) < 4.78 is 11.5. The lowest BCUT2D eigenvalue weighted by Crippen LogP contribution is -2.68. The highest BCUT2D eigenvalue weighted by Gasteiger charge is 2.71. The number of carbonyl (C=O) groups excluding carboxylic acids is 1. The number of fused-ring (bicyclic) bond motifs is 7. The molecule has 5 fully saturated rings. The van der Waals surface area contributed by atoms with Crippen molar-refractivity contribution in [2.24, 2.45) is 50.2 Å². The number of rotatable bonds is 4. The van der Waals surface area contributed by atoms with Gasteiger partial charge in [-0.2, -0.15) is 0 Å². The van der Waals surface area contributed by atoms with Crippen LogP contribution in [0.5, 0.6) is 0 Å². The molecule has 5 aliphatic carbocycles. The molecule has 0 aromatic rings. The highest BCUT2D eigenvalue weighted by molar-refractivity contribution is 5.79. The van der Waals surface area contributed by atoms with Gasteiger partial charge < -0.3 is 45.2 Å². The van der Waals surface area contributed by atoms with Crippen LogP contribution in [0.2, 0.25) is 0 Å². The molecule has 0 spiro atoms. The Morgan fingerprint density at radius 3 is 2.20 bits per heavy atom. The maximum Gasteiger partial charge on any atom is 0.315 e. The van der Waals surface area contributed by atoms with Gasteiger partial charge in [0.25, 0.3) is 0 Å². The minimum atomic E-state index is -1.65. The molecule has 262 valence electrons. The number of hydrogen-bond donors (Lipinski definition) is 7. The van der Waals surface area contributed by atoms with Crippen LogP contribution >= 0.6 is 0 Å². The van der Waals surface area contributed by atoms with Crippen LogP contribution in [0.1, 0.15) is 99.3 Å². The molecule has 4 saturated carbocycles. The fraction of sp³-hybridized carbons (Fsp3) is 0.917. The molecule has 0 radical (unpaired) electrons. The molecule has 1 heterocycles. The van der Waals surface area contributed by atoms with Crippen LogP contribution in [0.4, 0.5) is 0 Å². The fourth-order valence-corrected chi connectivity index (χ4v) is 12.1. The van der Waals surface area contributed by atoms with Crippen molar-refractivity contribution in [1.82, 2.24) is 0 Å². The fourth-order valence-electron chi connectivity index (χ4n) is 12.1. The zero-order valence-electron chi connectivity index (χ0n) is 28.5. The van der Waals surface area contributed by atoms with Crippen LogP contribution in [-0.2, 0) is 14.3 Å². The molecule has 1 saturated heterocycles. The number of esters is 1. The Kier molecular flexibility index (Phi) is 8.46. The van der Waals surface area contributed by atoms with E-state index in [-0.39, 0.29) is 46.0 Å². The Hall–Kier alpha value is -1.11. The van der Waals surface area contributed by atoms with E-state index in [9.17, 15) is 40.5 Å². The molecule has 46 heavy (non-hydrogen) atoms. The predicted octanol–water partition coefficient (Wildman–Crippen LogP) is 2.44. The zero-order chi connectivity index (χ0) is 33.8. The van der Waals surface area contributed by atoms with Crippen LogP contribution in [-0.4, -0.2) is 97.8 Å². The number of ether oxygens (including phenoxy) is 2. The normalized spacial score (nSPS) is 54.8. The number of hydrogen-bond acceptors (Lipinski definition) is 10. The minimum absolute atomic E-state index is 0.00930. The van der Waals surface area contributed by atoms with Crippen molar-refractivity contribution < 1.29 is 50.0 Å². The third-order valence-electron chi connectivity index (χ3n) is 15.2. The summed E-state index contributed by atoms with van der Waals surface area (Å²) >= 11 is 0. The summed E-state index contributed by atoms with van der Waals surface area (Å²) in [5, 5.41) is 73.8. The Morgan fingerprint density at radius 1 is 0.870 bits per heavy atom. The second kappa shape index (κ2) is 11.2. The zero-order valence-corrected chi connectivity index (χ0v) is 28.5. The lowest BCUT2D eigenvalue weighted by atomic mass is 9.33. The highest BCUT2D eigenvalue weighted by atomic mass is 16.7. The Balaban J connectivity index is 1.36. The summed E-state index contributed by atoms with van der Waals surface area (Å²) in [6.45, 7) is 12.7. The summed E-state index contributed by atoms with van der Waals surface area (Å²) in [5.74, 6) is -0.293. The monoisotopic (exact) mass is 650 g/mol. The van der Waals surface area contributed by atoms with Gasteiger partial charge in [-0.25, -0.2) is 0 Å².